The van der Waals surface area contributed by atoms with Crippen molar-refractivity contribution in [3.8, 4) is 0 Å². The van der Waals surface area contributed by atoms with E-state index in [-0.39, 0.29) is 17.8 Å². The lowest BCUT2D eigenvalue weighted by atomic mass is 10.1. The molecule has 0 aliphatic carbocycles. The molecular formula is C27H30ClN3O5S. The Bertz CT molecular complexity index is 1170. The number of morpholine rings is 1. The Balaban J connectivity index is 1.44. The molecule has 0 radical (unpaired) electrons. The second-order valence-electron chi connectivity index (χ2n) is 9.10. The topological polar surface area (TPSA) is 84.2 Å². The van der Waals surface area contributed by atoms with Gasteiger partial charge in [-0.05, 0) is 60.7 Å². The maximum absolute atomic E-state index is 14.0. The third-order valence-corrected chi connectivity index (χ3v) is 7.70. The number of rotatable bonds is 9. The molecule has 1 aromatic carbocycles. The summed E-state index contributed by atoms with van der Waals surface area (Å²) in [5, 5.41) is 5.45. The molecule has 4 heterocycles. The summed E-state index contributed by atoms with van der Waals surface area (Å²) in [6.07, 6.45) is 1.87. The molecule has 2 aliphatic rings. The predicted octanol–water partition coefficient (Wildman–Crippen LogP) is 4.51. The van der Waals surface area contributed by atoms with Gasteiger partial charge in [0.25, 0.3) is 5.91 Å². The lowest BCUT2D eigenvalue weighted by Gasteiger charge is -2.30. The molecule has 1 N–H and O–H groups in total. The van der Waals surface area contributed by atoms with Crippen LogP contribution in [-0.2, 0) is 20.8 Å². The van der Waals surface area contributed by atoms with Gasteiger partial charge < -0.3 is 19.2 Å². The average Bonchev–Trinajstić information content (AvgIpc) is 3.70. The van der Waals surface area contributed by atoms with E-state index in [4.69, 9.17) is 25.5 Å². The van der Waals surface area contributed by atoms with Crippen molar-refractivity contribution < 1.29 is 23.5 Å². The van der Waals surface area contributed by atoms with Crippen LogP contribution in [0.2, 0.25) is 5.02 Å². The lowest BCUT2D eigenvalue weighted by molar-refractivity contribution is -0.122. The first-order valence-corrected chi connectivity index (χ1v) is 13.7. The fraction of sp³-hybridized carbons (Fsp3) is 0.407. The Morgan fingerprint density at radius 1 is 1.11 bits per heavy atom. The zero-order chi connectivity index (χ0) is 25.6. The highest BCUT2D eigenvalue weighted by Gasteiger charge is 2.36. The fourth-order valence-electron chi connectivity index (χ4n) is 4.60. The number of hydrogen-bond acceptors (Lipinski definition) is 7. The maximum Gasteiger partial charge on any atom is 0.295 e. The number of nitrogens with zero attached hydrogens (tertiary/aromatic N) is 2. The van der Waals surface area contributed by atoms with Gasteiger partial charge in [-0.25, -0.2) is 0 Å². The Morgan fingerprint density at radius 3 is 2.62 bits per heavy atom. The molecule has 5 rings (SSSR count). The highest BCUT2D eigenvalue weighted by molar-refractivity contribution is 7.10. The summed E-state index contributed by atoms with van der Waals surface area (Å²) < 4.78 is 17.1. The van der Waals surface area contributed by atoms with E-state index < -0.39 is 11.9 Å². The summed E-state index contributed by atoms with van der Waals surface area (Å²) in [5.74, 6) is 0.186. The van der Waals surface area contributed by atoms with Crippen molar-refractivity contribution in [1.29, 1.82) is 0 Å². The molecule has 2 aliphatic heterocycles. The molecule has 196 valence electrons. The van der Waals surface area contributed by atoms with Gasteiger partial charge in [0.05, 0.1) is 25.9 Å². The number of anilines is 1. The van der Waals surface area contributed by atoms with E-state index in [1.807, 2.05) is 23.6 Å². The number of furan rings is 1. The predicted molar refractivity (Wildman–Crippen MR) is 142 cm³/mol. The summed E-state index contributed by atoms with van der Waals surface area (Å²) in [5.41, 5.74) is 0.547. The number of amides is 2. The van der Waals surface area contributed by atoms with E-state index in [9.17, 15) is 9.59 Å². The van der Waals surface area contributed by atoms with E-state index in [0.717, 1.165) is 30.8 Å². The highest BCUT2D eigenvalue weighted by Crippen LogP contribution is 2.33. The van der Waals surface area contributed by atoms with Crippen LogP contribution in [0, 0.1) is 0 Å². The third-order valence-electron chi connectivity index (χ3n) is 6.53. The smallest absolute Gasteiger partial charge is 0.295 e. The van der Waals surface area contributed by atoms with Gasteiger partial charge >= 0.3 is 0 Å². The van der Waals surface area contributed by atoms with E-state index in [2.05, 4.69) is 10.2 Å². The quantitative estimate of drug-likeness (QED) is 0.427. The minimum absolute atomic E-state index is 0.0135. The molecule has 2 atom stereocenters. The molecule has 8 nitrogen and oxygen atoms in total. The number of carbonyl (C=O) groups excluding carboxylic acids is 2. The van der Waals surface area contributed by atoms with Gasteiger partial charge in [0.2, 0.25) is 5.91 Å². The standard InChI is InChI=1S/C27H30ClN3O5S/c28-19-5-7-20(8-6-19)31(27(33)23-10-9-22(36-23)18-30-11-14-34-15-12-30)25(24-4-2-16-37-24)26(32)29-17-21-3-1-13-35-21/h2,4-10,16,21,25H,1,3,11-15,17-18H2,(H,29,32)/t21-,25+/m1/s1. The maximum atomic E-state index is 14.0. The van der Waals surface area contributed by atoms with Crippen molar-refractivity contribution in [3.63, 3.8) is 0 Å². The van der Waals surface area contributed by atoms with Gasteiger partial charge in [0.15, 0.2) is 11.8 Å². The molecular weight excluding hydrogens is 514 g/mol. The number of carbonyl (C=O) groups is 2. The van der Waals surface area contributed by atoms with Gasteiger partial charge in [-0.1, -0.05) is 17.7 Å². The van der Waals surface area contributed by atoms with Crippen molar-refractivity contribution in [2.75, 3.05) is 44.4 Å². The molecule has 0 bridgehead atoms. The molecule has 2 aromatic heterocycles. The molecule has 0 spiro atoms. The SMILES string of the molecule is O=C(NC[C@H]1CCCO1)[C@H](c1cccs1)N(C(=O)c1ccc(CN2CCOCC2)o1)c1ccc(Cl)cc1. The summed E-state index contributed by atoms with van der Waals surface area (Å²) in [4.78, 5) is 32.1. The first kappa shape index (κ1) is 25.9. The number of benzene rings is 1. The van der Waals surface area contributed by atoms with Crippen molar-refractivity contribution in [1.82, 2.24) is 10.2 Å². The zero-order valence-corrected chi connectivity index (χ0v) is 22.0. The fourth-order valence-corrected chi connectivity index (χ4v) is 5.54. The van der Waals surface area contributed by atoms with Gasteiger partial charge in [0, 0.05) is 41.8 Å². The van der Waals surface area contributed by atoms with Crippen LogP contribution in [0.3, 0.4) is 0 Å². The number of halogens is 1. The normalized spacial score (nSPS) is 19.0. The van der Waals surface area contributed by atoms with Crippen LogP contribution < -0.4 is 10.2 Å². The van der Waals surface area contributed by atoms with E-state index >= 15 is 0 Å². The van der Waals surface area contributed by atoms with Gasteiger partial charge in [0.1, 0.15) is 5.76 Å². The second kappa shape index (κ2) is 12.2. The Morgan fingerprint density at radius 2 is 1.92 bits per heavy atom. The van der Waals surface area contributed by atoms with Crippen molar-refractivity contribution in [2.24, 2.45) is 0 Å². The molecule has 2 saturated heterocycles. The summed E-state index contributed by atoms with van der Waals surface area (Å²) in [6, 6.07) is 13.2. The van der Waals surface area contributed by atoms with Gasteiger partial charge in [-0.15, -0.1) is 11.3 Å². The first-order chi connectivity index (χ1) is 18.1. The average molecular weight is 544 g/mol. The van der Waals surface area contributed by atoms with E-state index in [0.29, 0.717) is 49.4 Å². The molecule has 0 unspecified atom stereocenters. The molecule has 3 aromatic rings. The number of nitrogens with one attached hydrogen (secondary N) is 1. The Kier molecular flexibility index (Phi) is 8.58. The summed E-state index contributed by atoms with van der Waals surface area (Å²) in [6.45, 7) is 4.68. The summed E-state index contributed by atoms with van der Waals surface area (Å²) in [7, 11) is 0. The second-order valence-corrected chi connectivity index (χ2v) is 10.5. The van der Waals surface area contributed by atoms with Crippen molar-refractivity contribution in [3.05, 3.63) is 75.3 Å². The third kappa shape index (κ3) is 6.42. The monoisotopic (exact) mass is 543 g/mol. The van der Waals surface area contributed by atoms with Crippen LogP contribution in [0.25, 0.3) is 0 Å². The largest absolute Gasteiger partial charge is 0.455 e. The molecule has 2 fully saturated rings. The first-order valence-electron chi connectivity index (χ1n) is 12.5. The van der Waals surface area contributed by atoms with Crippen LogP contribution in [0.1, 0.15) is 40.1 Å². The van der Waals surface area contributed by atoms with Crippen molar-refractivity contribution >= 4 is 40.4 Å². The Hall–Kier alpha value is -2.69. The van der Waals surface area contributed by atoms with Gasteiger partial charge in [-0.2, -0.15) is 0 Å². The minimum Gasteiger partial charge on any atom is -0.455 e. The van der Waals surface area contributed by atoms with Gasteiger partial charge in [-0.3, -0.25) is 19.4 Å². The van der Waals surface area contributed by atoms with E-state index in [1.54, 1.807) is 30.3 Å². The number of thiophene rings is 1. The van der Waals surface area contributed by atoms with Crippen LogP contribution in [-0.4, -0.2) is 62.3 Å². The van der Waals surface area contributed by atoms with Crippen LogP contribution in [0.4, 0.5) is 5.69 Å². The Labute approximate surface area is 225 Å². The van der Waals surface area contributed by atoms with Crippen LogP contribution in [0.5, 0.6) is 0 Å². The van der Waals surface area contributed by atoms with Crippen molar-refractivity contribution in [2.45, 2.75) is 31.5 Å². The molecule has 2 amide bonds. The number of hydrogen-bond donors (Lipinski definition) is 1. The van der Waals surface area contributed by atoms with Crippen LogP contribution in [0.15, 0.2) is 58.3 Å². The number of ether oxygens (including phenoxy) is 2. The summed E-state index contributed by atoms with van der Waals surface area (Å²) >= 11 is 7.57. The molecule has 0 saturated carbocycles. The lowest BCUT2D eigenvalue weighted by Crippen LogP contribution is -2.45. The highest BCUT2D eigenvalue weighted by atomic mass is 35.5. The van der Waals surface area contributed by atoms with E-state index in [1.165, 1.54) is 16.2 Å². The molecule has 37 heavy (non-hydrogen) atoms. The minimum atomic E-state index is -0.886. The molecule has 10 heteroatoms. The van der Waals surface area contributed by atoms with Crippen LogP contribution >= 0.6 is 22.9 Å². The zero-order valence-electron chi connectivity index (χ0n) is 20.4.